The number of thiazole rings is 1. The van der Waals surface area contributed by atoms with Gasteiger partial charge in [0.2, 0.25) is 0 Å². The Morgan fingerprint density at radius 3 is 2.61 bits per heavy atom. The summed E-state index contributed by atoms with van der Waals surface area (Å²) in [4.78, 5) is 23.9. The van der Waals surface area contributed by atoms with Crippen LogP contribution in [-0.2, 0) is 9.84 Å². The third-order valence-electron chi connectivity index (χ3n) is 4.22. The number of alkyl halides is 3. The molecule has 3 heterocycles. The standard InChI is InChI=1S/C16H17F3N4O3S2/c1-11-10-27-15(21-11)23-7-3-6-22(8-9-23)14(24)12-4-2-5-20-13(12)28(25,26)16(17,18)19/h2,4-5,10H,3,6-9H2,1H3. The fourth-order valence-electron chi connectivity index (χ4n) is 2.85. The minimum Gasteiger partial charge on any atom is -0.346 e. The molecule has 0 radical (unpaired) electrons. The Morgan fingerprint density at radius 2 is 1.96 bits per heavy atom. The summed E-state index contributed by atoms with van der Waals surface area (Å²) in [5.41, 5.74) is -5.22. The van der Waals surface area contributed by atoms with E-state index in [9.17, 15) is 26.4 Å². The van der Waals surface area contributed by atoms with Crippen LogP contribution in [0.4, 0.5) is 18.3 Å². The van der Waals surface area contributed by atoms with Crippen LogP contribution in [0.25, 0.3) is 0 Å². The fraction of sp³-hybridized carbons (Fsp3) is 0.438. The highest BCUT2D eigenvalue weighted by Crippen LogP contribution is 2.31. The molecule has 0 spiro atoms. The SMILES string of the molecule is Cc1csc(N2CCCN(C(=O)c3cccnc3S(=O)(=O)C(F)(F)F)CC2)n1. The fourth-order valence-corrected chi connectivity index (χ4v) is 4.57. The maximum atomic E-state index is 12.9. The van der Waals surface area contributed by atoms with Crippen LogP contribution in [0, 0.1) is 6.92 Å². The quantitative estimate of drug-likeness (QED) is 0.738. The Bertz CT molecular complexity index is 976. The van der Waals surface area contributed by atoms with Crippen LogP contribution >= 0.6 is 11.3 Å². The predicted octanol–water partition coefficient (Wildman–Crippen LogP) is 2.49. The first-order chi connectivity index (χ1) is 13.1. The van der Waals surface area contributed by atoms with Crippen LogP contribution in [0.15, 0.2) is 28.7 Å². The number of aryl methyl sites for hydroxylation is 1. The Hall–Kier alpha value is -2.21. The van der Waals surface area contributed by atoms with E-state index in [1.165, 1.54) is 22.3 Å². The second-order valence-corrected chi connectivity index (χ2v) is 8.90. The number of halogens is 3. The van der Waals surface area contributed by atoms with Gasteiger partial charge in [0.15, 0.2) is 10.2 Å². The zero-order valence-corrected chi connectivity index (χ0v) is 16.4. The first-order valence-corrected chi connectivity index (χ1v) is 10.7. The summed E-state index contributed by atoms with van der Waals surface area (Å²) in [6.45, 7) is 3.48. The molecule has 152 valence electrons. The Morgan fingerprint density at radius 1 is 1.21 bits per heavy atom. The van der Waals surface area contributed by atoms with E-state index in [1.54, 1.807) is 0 Å². The number of rotatable bonds is 3. The van der Waals surface area contributed by atoms with E-state index < -0.39 is 31.8 Å². The molecule has 1 saturated heterocycles. The number of pyridine rings is 1. The van der Waals surface area contributed by atoms with Gasteiger partial charge in [0.25, 0.3) is 15.7 Å². The van der Waals surface area contributed by atoms with Crippen molar-refractivity contribution in [2.75, 3.05) is 31.1 Å². The summed E-state index contributed by atoms with van der Waals surface area (Å²) < 4.78 is 62.4. The summed E-state index contributed by atoms with van der Waals surface area (Å²) in [6, 6.07) is 2.30. The van der Waals surface area contributed by atoms with Crippen molar-refractivity contribution in [2.24, 2.45) is 0 Å². The molecule has 0 aromatic carbocycles. The molecule has 7 nitrogen and oxygen atoms in total. The van der Waals surface area contributed by atoms with Crippen LogP contribution < -0.4 is 4.90 Å². The van der Waals surface area contributed by atoms with Gasteiger partial charge in [0, 0.05) is 37.8 Å². The molecule has 1 aliphatic rings. The number of hydrogen-bond donors (Lipinski definition) is 0. The van der Waals surface area contributed by atoms with Crippen molar-refractivity contribution in [3.8, 4) is 0 Å². The highest BCUT2D eigenvalue weighted by Gasteiger charge is 2.49. The van der Waals surface area contributed by atoms with Crippen molar-refractivity contribution in [1.29, 1.82) is 0 Å². The van der Waals surface area contributed by atoms with Crippen molar-refractivity contribution >= 4 is 32.2 Å². The van der Waals surface area contributed by atoms with Gasteiger partial charge >= 0.3 is 5.51 Å². The molecule has 0 unspecified atom stereocenters. The normalized spacial score (nSPS) is 16.1. The molecule has 12 heteroatoms. The lowest BCUT2D eigenvalue weighted by Crippen LogP contribution is -2.37. The van der Waals surface area contributed by atoms with Crippen molar-refractivity contribution in [2.45, 2.75) is 23.9 Å². The average molecular weight is 434 g/mol. The lowest BCUT2D eigenvalue weighted by molar-refractivity contribution is -0.0438. The number of nitrogens with zero attached hydrogens (tertiary/aromatic N) is 4. The number of hydrogen-bond acceptors (Lipinski definition) is 7. The predicted molar refractivity (Wildman–Crippen MR) is 97.1 cm³/mol. The number of sulfone groups is 1. The molecule has 1 fully saturated rings. The molecule has 0 bridgehead atoms. The van der Waals surface area contributed by atoms with Crippen molar-refractivity contribution in [1.82, 2.24) is 14.9 Å². The van der Waals surface area contributed by atoms with Crippen LogP contribution in [0.1, 0.15) is 22.5 Å². The summed E-state index contributed by atoms with van der Waals surface area (Å²) in [7, 11) is -5.73. The Labute approximate surface area is 163 Å². The van der Waals surface area contributed by atoms with Crippen molar-refractivity contribution in [3.63, 3.8) is 0 Å². The van der Waals surface area contributed by atoms with E-state index in [-0.39, 0.29) is 6.54 Å². The third kappa shape index (κ3) is 3.97. The molecule has 0 saturated carbocycles. The highest BCUT2D eigenvalue weighted by molar-refractivity contribution is 7.92. The molecular formula is C16H17F3N4O3S2. The molecule has 28 heavy (non-hydrogen) atoms. The van der Waals surface area contributed by atoms with Crippen LogP contribution in [-0.4, -0.2) is 60.9 Å². The molecule has 1 amide bonds. The highest BCUT2D eigenvalue weighted by atomic mass is 32.2. The van der Waals surface area contributed by atoms with Crippen molar-refractivity contribution in [3.05, 3.63) is 35.0 Å². The largest absolute Gasteiger partial charge is 0.503 e. The zero-order valence-electron chi connectivity index (χ0n) is 14.8. The monoisotopic (exact) mass is 434 g/mol. The van der Waals surface area contributed by atoms with E-state index in [1.807, 2.05) is 17.2 Å². The number of aromatic nitrogens is 2. The molecule has 2 aromatic heterocycles. The number of amides is 1. The smallest absolute Gasteiger partial charge is 0.346 e. The molecule has 2 aromatic rings. The first kappa shape index (κ1) is 20.5. The number of anilines is 1. The van der Waals surface area contributed by atoms with E-state index in [0.717, 1.165) is 23.1 Å². The van der Waals surface area contributed by atoms with Gasteiger partial charge in [-0.3, -0.25) is 4.79 Å². The maximum Gasteiger partial charge on any atom is 0.503 e. The van der Waals surface area contributed by atoms with Crippen LogP contribution in [0.5, 0.6) is 0 Å². The third-order valence-corrected chi connectivity index (χ3v) is 6.68. The molecule has 0 aliphatic carbocycles. The van der Waals surface area contributed by atoms with Gasteiger partial charge < -0.3 is 9.80 Å². The molecule has 0 N–H and O–H groups in total. The minimum atomic E-state index is -5.73. The topological polar surface area (TPSA) is 83.5 Å². The van der Waals surface area contributed by atoms with Gasteiger partial charge in [-0.1, -0.05) is 0 Å². The molecule has 1 aliphatic heterocycles. The summed E-state index contributed by atoms with van der Waals surface area (Å²) >= 11 is 1.48. The Kier molecular flexibility index (Phi) is 5.62. The molecular weight excluding hydrogens is 417 g/mol. The second-order valence-electron chi connectivity index (χ2n) is 6.21. The van der Waals surface area contributed by atoms with Gasteiger partial charge in [-0.25, -0.2) is 18.4 Å². The van der Waals surface area contributed by atoms with Gasteiger partial charge in [-0.15, -0.1) is 11.3 Å². The second kappa shape index (κ2) is 7.66. The average Bonchev–Trinajstić information content (AvgIpc) is 2.92. The van der Waals surface area contributed by atoms with Gasteiger partial charge in [0.05, 0.1) is 11.3 Å². The first-order valence-electron chi connectivity index (χ1n) is 8.34. The number of carbonyl (C=O) groups excluding carboxylic acids is 1. The summed E-state index contributed by atoms with van der Waals surface area (Å²) in [5.74, 6) is -0.784. The Balaban J connectivity index is 1.84. The lowest BCUT2D eigenvalue weighted by Gasteiger charge is -2.22. The van der Waals surface area contributed by atoms with E-state index in [2.05, 4.69) is 9.97 Å². The molecule has 0 atom stereocenters. The van der Waals surface area contributed by atoms with Gasteiger partial charge in [0.1, 0.15) is 0 Å². The van der Waals surface area contributed by atoms with Crippen molar-refractivity contribution < 1.29 is 26.4 Å². The summed E-state index contributed by atoms with van der Waals surface area (Å²) in [6.07, 6.45) is 1.50. The minimum absolute atomic E-state index is 0.234. The van der Waals surface area contributed by atoms with E-state index in [4.69, 9.17) is 0 Å². The molecule has 3 rings (SSSR count). The zero-order chi connectivity index (χ0) is 20.5. The van der Waals surface area contributed by atoms with E-state index >= 15 is 0 Å². The van der Waals surface area contributed by atoms with E-state index in [0.29, 0.717) is 26.1 Å². The lowest BCUT2D eigenvalue weighted by atomic mass is 10.2. The number of carbonyl (C=O) groups is 1. The van der Waals surface area contributed by atoms with Crippen LogP contribution in [0.2, 0.25) is 0 Å². The van der Waals surface area contributed by atoms with Gasteiger partial charge in [-0.2, -0.15) is 13.2 Å². The van der Waals surface area contributed by atoms with Gasteiger partial charge in [-0.05, 0) is 25.5 Å². The summed E-state index contributed by atoms with van der Waals surface area (Å²) in [5, 5.41) is 1.46. The maximum absolute atomic E-state index is 12.9. The van der Waals surface area contributed by atoms with Crippen LogP contribution in [0.3, 0.4) is 0 Å².